The zero-order valence-corrected chi connectivity index (χ0v) is 19.8. The largest absolute Gasteiger partial charge is 0.393 e. The minimum Gasteiger partial charge on any atom is -0.393 e. The maximum absolute atomic E-state index is 10.4. The normalized spacial score (nSPS) is 54.3. The van der Waals surface area contributed by atoms with Crippen molar-refractivity contribution in [2.75, 3.05) is 0 Å². The van der Waals surface area contributed by atoms with Crippen molar-refractivity contribution in [1.82, 2.24) is 0 Å². The molecule has 0 unspecified atom stereocenters. The molecule has 5 fully saturated rings. The molecule has 4 saturated carbocycles. The second-order valence-electron chi connectivity index (χ2n) is 13.0. The quantitative estimate of drug-likeness (QED) is 0.525. The van der Waals surface area contributed by atoms with Gasteiger partial charge in [-0.05, 0) is 85.9 Å². The number of aliphatic hydroxyl groups is 1. The maximum Gasteiger partial charge on any atom is 0.103 e. The van der Waals surface area contributed by atoms with Gasteiger partial charge in [0.05, 0.1) is 12.2 Å². The lowest BCUT2D eigenvalue weighted by molar-refractivity contribution is -0.116. The molecule has 1 saturated heterocycles. The first-order valence-electron chi connectivity index (χ1n) is 13.1. The summed E-state index contributed by atoms with van der Waals surface area (Å²) in [6.07, 6.45) is 14.8. The molecule has 0 aromatic carbocycles. The van der Waals surface area contributed by atoms with Gasteiger partial charge in [0.1, 0.15) is 5.60 Å². The molecule has 29 heavy (non-hydrogen) atoms. The molecular weight excluding hydrogens is 356 g/mol. The first-order valence-corrected chi connectivity index (χ1v) is 13.1. The van der Waals surface area contributed by atoms with Crippen LogP contribution in [0.1, 0.15) is 105 Å². The van der Waals surface area contributed by atoms with Gasteiger partial charge < -0.3 is 9.84 Å². The molecule has 2 heteroatoms. The first-order chi connectivity index (χ1) is 13.7. The number of ether oxygens (including phenoxy) is 1. The number of aliphatic hydroxyl groups excluding tert-OH is 1. The Morgan fingerprint density at radius 2 is 1.76 bits per heavy atom. The second kappa shape index (κ2) is 6.96. The average Bonchev–Trinajstić information content (AvgIpc) is 3.22. The van der Waals surface area contributed by atoms with Crippen LogP contribution in [0.5, 0.6) is 0 Å². The zero-order chi connectivity index (χ0) is 20.6. The molecule has 0 aromatic rings. The van der Waals surface area contributed by atoms with Crippen molar-refractivity contribution >= 4 is 0 Å². The summed E-state index contributed by atoms with van der Waals surface area (Å²) in [5, 5.41) is 10.4. The molecule has 1 N–H and O–H groups in total. The maximum atomic E-state index is 10.4. The van der Waals surface area contributed by atoms with Gasteiger partial charge in [-0.2, -0.15) is 0 Å². The van der Waals surface area contributed by atoms with Gasteiger partial charge in [-0.15, -0.1) is 0 Å². The third-order valence-corrected chi connectivity index (χ3v) is 11.3. The predicted octanol–water partition coefficient (Wildman–Crippen LogP) is 6.60. The van der Waals surface area contributed by atoms with E-state index < -0.39 is 0 Å². The Morgan fingerprint density at radius 1 is 0.966 bits per heavy atom. The Balaban J connectivity index is 1.33. The highest BCUT2D eigenvalue weighted by Gasteiger charge is 2.76. The second-order valence-corrected chi connectivity index (χ2v) is 13.0. The van der Waals surface area contributed by atoms with E-state index in [1.807, 2.05) is 0 Å². The summed E-state index contributed by atoms with van der Waals surface area (Å²) in [5.41, 5.74) is 0.932. The molecule has 5 rings (SSSR count). The molecule has 2 nitrogen and oxygen atoms in total. The van der Waals surface area contributed by atoms with Crippen LogP contribution < -0.4 is 0 Å². The van der Waals surface area contributed by atoms with Crippen LogP contribution in [0.25, 0.3) is 0 Å². The van der Waals surface area contributed by atoms with E-state index in [9.17, 15) is 5.11 Å². The minimum atomic E-state index is -0.124. The van der Waals surface area contributed by atoms with Crippen molar-refractivity contribution in [3.63, 3.8) is 0 Å². The van der Waals surface area contributed by atoms with Crippen molar-refractivity contribution in [1.29, 1.82) is 0 Å². The van der Waals surface area contributed by atoms with Crippen LogP contribution in [0.4, 0.5) is 0 Å². The molecule has 0 aromatic heterocycles. The fourth-order valence-corrected chi connectivity index (χ4v) is 9.68. The lowest BCUT2D eigenvalue weighted by Gasteiger charge is -2.59. The lowest BCUT2D eigenvalue weighted by Crippen LogP contribution is -2.58. The number of fused-ring (bicyclic) bond motifs is 4. The SMILES string of the molecule is CC(C)CCC[C@@H](C)[C@H]1CC[C@H]2[C@H]3C[C@@H]4O[C@@]45C[C@@H](O)CC[C@]5(C)[C@@H]3CC[C@]12C. The Labute approximate surface area is 179 Å². The van der Waals surface area contributed by atoms with Crippen molar-refractivity contribution in [3.8, 4) is 0 Å². The Kier molecular flexibility index (Phi) is 4.99. The molecule has 0 radical (unpaired) electrons. The Morgan fingerprint density at radius 3 is 2.52 bits per heavy atom. The fraction of sp³-hybridized carbons (Fsp3) is 1.00. The molecule has 0 amide bonds. The number of hydrogen-bond donors (Lipinski definition) is 1. The van der Waals surface area contributed by atoms with E-state index in [1.165, 1.54) is 57.8 Å². The van der Waals surface area contributed by atoms with Crippen LogP contribution in [-0.2, 0) is 4.74 Å². The van der Waals surface area contributed by atoms with Gasteiger partial charge in [0, 0.05) is 11.8 Å². The number of epoxide rings is 1. The van der Waals surface area contributed by atoms with Crippen LogP contribution in [0.3, 0.4) is 0 Å². The van der Waals surface area contributed by atoms with E-state index in [4.69, 9.17) is 4.74 Å². The molecule has 166 valence electrons. The third-order valence-electron chi connectivity index (χ3n) is 11.3. The topological polar surface area (TPSA) is 32.8 Å². The van der Waals surface area contributed by atoms with Gasteiger partial charge in [-0.3, -0.25) is 0 Å². The summed E-state index contributed by atoms with van der Waals surface area (Å²) in [4.78, 5) is 0. The molecule has 5 aliphatic rings. The zero-order valence-electron chi connectivity index (χ0n) is 19.8. The monoisotopic (exact) mass is 402 g/mol. The highest BCUT2D eigenvalue weighted by molar-refractivity contribution is 5.24. The molecule has 0 bridgehead atoms. The molecule has 1 aliphatic heterocycles. The molecular formula is C27H46O2. The minimum absolute atomic E-state index is 0.0434. The van der Waals surface area contributed by atoms with E-state index in [0.717, 1.165) is 48.3 Å². The Bertz CT molecular complexity index is 630. The molecule has 4 aliphatic carbocycles. The predicted molar refractivity (Wildman–Crippen MR) is 119 cm³/mol. The number of rotatable bonds is 5. The third kappa shape index (κ3) is 2.94. The highest BCUT2D eigenvalue weighted by atomic mass is 16.6. The number of hydrogen-bond acceptors (Lipinski definition) is 2. The molecule has 10 atom stereocenters. The van der Waals surface area contributed by atoms with Crippen molar-refractivity contribution in [3.05, 3.63) is 0 Å². The van der Waals surface area contributed by atoms with Gasteiger partial charge >= 0.3 is 0 Å². The standard InChI is InChI=1S/C27H46O2/c1-17(2)7-6-8-18(3)21-9-10-22-20-15-24-27(29-24)16-19(28)11-14-26(27,5)23(20)12-13-25(21,22)4/h17-24,28H,6-16H2,1-5H3/t18-,19+,20-,21-,22+,23-,24+,25-,26-,27+/m1/s1. The van der Waals surface area contributed by atoms with Gasteiger partial charge in [-0.25, -0.2) is 0 Å². The van der Waals surface area contributed by atoms with Crippen LogP contribution in [0.2, 0.25) is 0 Å². The smallest absolute Gasteiger partial charge is 0.103 e. The molecule has 1 spiro atoms. The van der Waals surface area contributed by atoms with Gasteiger partial charge in [0.2, 0.25) is 0 Å². The van der Waals surface area contributed by atoms with E-state index in [-0.39, 0.29) is 11.7 Å². The van der Waals surface area contributed by atoms with Crippen molar-refractivity contribution in [2.45, 2.75) is 123 Å². The average molecular weight is 403 g/mol. The summed E-state index contributed by atoms with van der Waals surface area (Å²) in [6, 6.07) is 0. The van der Waals surface area contributed by atoms with Crippen LogP contribution >= 0.6 is 0 Å². The van der Waals surface area contributed by atoms with Crippen molar-refractivity contribution in [2.24, 2.45) is 46.3 Å². The molecule has 1 heterocycles. The summed E-state index contributed by atoms with van der Waals surface area (Å²) in [6.45, 7) is 12.6. The van der Waals surface area contributed by atoms with Gasteiger partial charge in [-0.1, -0.05) is 53.9 Å². The lowest BCUT2D eigenvalue weighted by atomic mass is 9.44. The van der Waals surface area contributed by atoms with E-state index >= 15 is 0 Å². The van der Waals surface area contributed by atoms with Crippen molar-refractivity contribution < 1.29 is 9.84 Å². The van der Waals surface area contributed by atoms with Crippen LogP contribution in [-0.4, -0.2) is 22.9 Å². The Hall–Kier alpha value is -0.0800. The van der Waals surface area contributed by atoms with E-state index in [0.29, 0.717) is 16.9 Å². The summed E-state index contributed by atoms with van der Waals surface area (Å²) >= 11 is 0. The van der Waals surface area contributed by atoms with Gasteiger partial charge in [0.15, 0.2) is 0 Å². The van der Waals surface area contributed by atoms with Gasteiger partial charge in [0.25, 0.3) is 0 Å². The van der Waals surface area contributed by atoms with Crippen LogP contribution in [0.15, 0.2) is 0 Å². The first kappa shape index (κ1) is 20.8. The fourth-order valence-electron chi connectivity index (χ4n) is 9.68. The van der Waals surface area contributed by atoms with E-state index in [1.54, 1.807) is 0 Å². The summed E-state index contributed by atoms with van der Waals surface area (Å²) in [5.74, 6) is 5.31. The summed E-state index contributed by atoms with van der Waals surface area (Å²) < 4.78 is 6.51. The summed E-state index contributed by atoms with van der Waals surface area (Å²) in [7, 11) is 0. The highest BCUT2D eigenvalue weighted by Crippen LogP contribution is 2.74. The van der Waals surface area contributed by atoms with Crippen LogP contribution in [0, 0.1) is 46.3 Å². The van der Waals surface area contributed by atoms with E-state index in [2.05, 4.69) is 34.6 Å².